The van der Waals surface area contributed by atoms with Crippen molar-refractivity contribution in [3.05, 3.63) is 0 Å². The van der Waals surface area contributed by atoms with Gasteiger partial charge in [0.1, 0.15) is 6.29 Å². The van der Waals surface area contributed by atoms with Crippen LogP contribution in [-0.4, -0.2) is 26.6 Å². The summed E-state index contributed by atoms with van der Waals surface area (Å²) in [5.41, 5.74) is 0.109. The topological polar surface area (TPSA) is 35.5 Å². The second-order valence-electron chi connectivity index (χ2n) is 4.53. The molecule has 0 spiro atoms. The molecular weight excluding hydrogens is 167 g/mol. The Balaban J connectivity index is 2.36. The fourth-order valence-corrected chi connectivity index (χ4v) is 1.30. The van der Waals surface area contributed by atoms with Crippen LogP contribution >= 0.6 is 0 Å². The summed E-state index contributed by atoms with van der Waals surface area (Å²) in [6, 6.07) is 0. The molecule has 0 aromatic carbocycles. The third-order valence-electron chi connectivity index (χ3n) is 2.21. The first kappa shape index (κ1) is 10.7. The van der Waals surface area contributed by atoms with Crippen LogP contribution in [0, 0.1) is 5.41 Å². The Morgan fingerprint density at radius 3 is 2.46 bits per heavy atom. The normalized spacial score (nSPS) is 24.1. The molecule has 0 saturated carbocycles. The Morgan fingerprint density at radius 2 is 2.00 bits per heavy atom. The molecule has 3 nitrogen and oxygen atoms in total. The van der Waals surface area contributed by atoms with Crippen molar-refractivity contribution < 1.29 is 14.1 Å². The first-order chi connectivity index (χ1) is 6.05. The van der Waals surface area contributed by atoms with Gasteiger partial charge in [0, 0.05) is 25.0 Å². The molecule has 1 unspecified atom stereocenters. The van der Waals surface area contributed by atoms with E-state index in [1.165, 1.54) is 0 Å². The molecule has 1 atom stereocenters. The van der Waals surface area contributed by atoms with E-state index in [9.17, 15) is 4.79 Å². The van der Waals surface area contributed by atoms with Crippen LogP contribution in [0.2, 0.25) is 5.82 Å². The summed E-state index contributed by atoms with van der Waals surface area (Å²) >= 11 is 0. The molecule has 1 heterocycles. The van der Waals surface area contributed by atoms with Crippen molar-refractivity contribution in [2.75, 3.05) is 13.2 Å². The zero-order chi connectivity index (χ0) is 9.90. The van der Waals surface area contributed by atoms with Crippen LogP contribution < -0.4 is 0 Å². The molecule has 0 amide bonds. The summed E-state index contributed by atoms with van der Waals surface area (Å²) in [6.07, 6.45) is 1.42. The summed E-state index contributed by atoms with van der Waals surface area (Å²) in [5, 5.41) is 0. The van der Waals surface area contributed by atoms with E-state index in [1.807, 2.05) is 6.92 Å². The van der Waals surface area contributed by atoms with Crippen molar-refractivity contribution in [2.24, 2.45) is 5.41 Å². The lowest BCUT2D eigenvalue weighted by Gasteiger charge is -2.34. The van der Waals surface area contributed by atoms with Gasteiger partial charge in [0.05, 0.1) is 0 Å². The van der Waals surface area contributed by atoms with E-state index in [2.05, 4.69) is 13.8 Å². The highest BCUT2D eigenvalue weighted by atomic mass is 16.6. The van der Waals surface area contributed by atoms with Gasteiger partial charge in [0.2, 0.25) is 0 Å². The lowest BCUT2D eigenvalue weighted by atomic mass is 9.69. The van der Waals surface area contributed by atoms with Crippen LogP contribution in [0.4, 0.5) is 0 Å². The maximum absolute atomic E-state index is 10.3. The third kappa shape index (κ3) is 3.12. The number of carbonyl (C=O) groups is 1. The average Bonchev–Trinajstić information content (AvgIpc) is 2.04. The van der Waals surface area contributed by atoms with Crippen LogP contribution in [0.3, 0.4) is 0 Å². The Kier molecular flexibility index (Phi) is 3.51. The largest absolute Gasteiger partial charge is 0.460 e. The molecule has 0 N–H and O–H groups in total. The highest BCUT2D eigenvalue weighted by Gasteiger charge is 2.35. The molecule has 1 rings (SSSR count). The molecule has 0 bridgehead atoms. The van der Waals surface area contributed by atoms with Gasteiger partial charge < -0.3 is 14.1 Å². The van der Waals surface area contributed by atoms with Gasteiger partial charge in [-0.3, -0.25) is 0 Å². The van der Waals surface area contributed by atoms with Crippen LogP contribution in [0.15, 0.2) is 0 Å². The molecule has 4 heteroatoms. The lowest BCUT2D eigenvalue weighted by Crippen LogP contribution is -2.42. The van der Waals surface area contributed by atoms with Crippen molar-refractivity contribution >= 4 is 13.4 Å². The van der Waals surface area contributed by atoms with Crippen molar-refractivity contribution in [3.63, 3.8) is 0 Å². The molecule has 1 fully saturated rings. The number of rotatable bonds is 3. The predicted octanol–water partition coefficient (Wildman–Crippen LogP) is 1.53. The standard InChI is InChI=1S/C9H17BO3/c1-8(4-5-11)10-12-6-9(2,3)7-13-10/h5,8H,4,6-7H2,1-3H3. The molecule has 0 aliphatic carbocycles. The molecule has 0 aromatic rings. The van der Waals surface area contributed by atoms with Gasteiger partial charge in [0.15, 0.2) is 0 Å². The van der Waals surface area contributed by atoms with Gasteiger partial charge in [-0.2, -0.15) is 0 Å². The van der Waals surface area contributed by atoms with Gasteiger partial charge in [-0.05, 0) is 5.82 Å². The van der Waals surface area contributed by atoms with E-state index in [0.29, 0.717) is 19.6 Å². The van der Waals surface area contributed by atoms with Gasteiger partial charge in [-0.25, -0.2) is 0 Å². The first-order valence-electron chi connectivity index (χ1n) is 4.72. The molecule has 1 aliphatic heterocycles. The Hall–Kier alpha value is -0.345. The highest BCUT2D eigenvalue weighted by molar-refractivity contribution is 6.46. The summed E-state index contributed by atoms with van der Waals surface area (Å²) in [4.78, 5) is 10.3. The van der Waals surface area contributed by atoms with E-state index < -0.39 is 0 Å². The number of hydrogen-bond donors (Lipinski definition) is 0. The zero-order valence-electron chi connectivity index (χ0n) is 8.58. The van der Waals surface area contributed by atoms with Crippen LogP contribution in [0.25, 0.3) is 0 Å². The fourth-order valence-electron chi connectivity index (χ4n) is 1.30. The van der Waals surface area contributed by atoms with Crippen molar-refractivity contribution in [3.8, 4) is 0 Å². The summed E-state index contributed by atoms with van der Waals surface area (Å²) in [6.45, 7) is 7.60. The highest BCUT2D eigenvalue weighted by Crippen LogP contribution is 2.26. The fraction of sp³-hybridized carbons (Fsp3) is 0.889. The molecule has 1 aliphatic rings. The van der Waals surface area contributed by atoms with E-state index in [1.54, 1.807) is 0 Å². The minimum Gasteiger partial charge on any atom is -0.410 e. The van der Waals surface area contributed by atoms with Gasteiger partial charge in [-0.1, -0.05) is 20.8 Å². The Bertz CT molecular complexity index is 172. The Morgan fingerprint density at radius 1 is 1.46 bits per heavy atom. The van der Waals surface area contributed by atoms with Gasteiger partial charge in [0.25, 0.3) is 0 Å². The molecule has 1 saturated heterocycles. The minimum absolute atomic E-state index is 0.109. The number of aldehydes is 1. The second-order valence-corrected chi connectivity index (χ2v) is 4.53. The quantitative estimate of drug-likeness (QED) is 0.492. The maximum Gasteiger partial charge on any atom is 0.460 e. The SMILES string of the molecule is CC(CC=O)B1OCC(C)(C)CO1. The first-order valence-corrected chi connectivity index (χ1v) is 4.72. The van der Waals surface area contributed by atoms with Crippen LogP contribution in [0.5, 0.6) is 0 Å². The Labute approximate surface area is 79.9 Å². The van der Waals surface area contributed by atoms with E-state index >= 15 is 0 Å². The minimum atomic E-state index is -0.196. The zero-order valence-corrected chi connectivity index (χ0v) is 8.58. The van der Waals surface area contributed by atoms with E-state index in [4.69, 9.17) is 9.31 Å². The summed E-state index contributed by atoms with van der Waals surface area (Å²) in [5.74, 6) is 0.161. The summed E-state index contributed by atoms with van der Waals surface area (Å²) in [7, 11) is -0.196. The number of carbonyl (C=O) groups excluding carboxylic acids is 1. The summed E-state index contributed by atoms with van der Waals surface area (Å²) < 4.78 is 11.1. The monoisotopic (exact) mass is 184 g/mol. The lowest BCUT2D eigenvalue weighted by molar-refractivity contribution is -0.108. The smallest absolute Gasteiger partial charge is 0.410 e. The third-order valence-corrected chi connectivity index (χ3v) is 2.21. The average molecular weight is 184 g/mol. The van der Waals surface area contributed by atoms with Crippen LogP contribution in [-0.2, 0) is 14.1 Å². The van der Waals surface area contributed by atoms with Crippen molar-refractivity contribution in [1.82, 2.24) is 0 Å². The molecule has 0 aromatic heterocycles. The second kappa shape index (κ2) is 4.25. The van der Waals surface area contributed by atoms with E-state index in [-0.39, 0.29) is 18.4 Å². The molecular formula is C9H17BO3. The maximum atomic E-state index is 10.3. The van der Waals surface area contributed by atoms with E-state index in [0.717, 1.165) is 6.29 Å². The van der Waals surface area contributed by atoms with Gasteiger partial charge in [-0.15, -0.1) is 0 Å². The molecule has 13 heavy (non-hydrogen) atoms. The van der Waals surface area contributed by atoms with Crippen molar-refractivity contribution in [1.29, 1.82) is 0 Å². The molecule has 0 radical (unpaired) electrons. The predicted molar refractivity (Wildman–Crippen MR) is 51.5 cm³/mol. The van der Waals surface area contributed by atoms with Crippen LogP contribution in [0.1, 0.15) is 27.2 Å². The molecule has 74 valence electrons. The van der Waals surface area contributed by atoms with Gasteiger partial charge >= 0.3 is 7.12 Å². The van der Waals surface area contributed by atoms with Crippen molar-refractivity contribution in [2.45, 2.75) is 33.0 Å². The number of hydrogen-bond acceptors (Lipinski definition) is 3.